The Morgan fingerprint density at radius 3 is 2.11 bits per heavy atom. The van der Waals surface area contributed by atoms with Gasteiger partial charge in [-0.3, -0.25) is 4.79 Å². The topological polar surface area (TPSA) is 337 Å². The van der Waals surface area contributed by atoms with Gasteiger partial charge in [-0.15, -0.1) is 0 Å². The molecule has 80 heavy (non-hydrogen) atoms. The molecule has 0 unspecified atom stereocenters. The normalized spacial score (nSPS) is 45.8. The minimum atomic E-state index is -1.73. The van der Waals surface area contributed by atoms with Crippen molar-refractivity contribution in [2.45, 2.75) is 204 Å². The number of allylic oxidation sites excluding steroid dienone is 2. The Balaban J connectivity index is 0.921. The highest BCUT2D eigenvalue weighted by molar-refractivity contribution is 5.87. The van der Waals surface area contributed by atoms with Crippen LogP contribution in [0.4, 0.5) is 0 Å². The first-order valence-electron chi connectivity index (χ1n) is 28.1. The lowest BCUT2D eigenvalue weighted by Crippen LogP contribution is -2.68. The van der Waals surface area contributed by atoms with E-state index in [0.717, 1.165) is 38.0 Å². The van der Waals surface area contributed by atoms with Crippen LogP contribution in [0, 0.1) is 50.2 Å². The molecule has 22 nitrogen and oxygen atoms in total. The summed E-state index contributed by atoms with van der Waals surface area (Å²) < 4.78 is 51.5. The summed E-state index contributed by atoms with van der Waals surface area (Å²) in [5.74, 6) is -2.69. The number of aliphatic hydroxyl groups is 10. The van der Waals surface area contributed by atoms with E-state index < -0.39 is 152 Å². The van der Waals surface area contributed by atoms with E-state index in [1.807, 2.05) is 0 Å². The van der Waals surface area contributed by atoms with Gasteiger partial charge in [-0.05, 0) is 126 Å². The fourth-order valence-corrected chi connectivity index (χ4v) is 16.1. The third-order valence-electron chi connectivity index (χ3n) is 20.9. The van der Waals surface area contributed by atoms with E-state index in [4.69, 9.17) is 42.6 Å². The number of carbonyl (C=O) groups is 3. The number of aliphatic hydroxyl groups excluding tert-OH is 10. The lowest BCUT2D eigenvalue weighted by atomic mass is 9.33. The van der Waals surface area contributed by atoms with E-state index in [1.54, 1.807) is 0 Å². The molecule has 448 valence electrons. The first-order chi connectivity index (χ1) is 37.5. The van der Waals surface area contributed by atoms with Gasteiger partial charge in [0.15, 0.2) is 30.0 Å². The van der Waals surface area contributed by atoms with Crippen molar-refractivity contribution >= 4 is 24.0 Å². The van der Waals surface area contributed by atoms with Crippen LogP contribution < -0.4 is 9.47 Å². The molecule has 0 spiro atoms. The molecule has 1 aromatic carbocycles. The van der Waals surface area contributed by atoms with Crippen LogP contribution >= 0.6 is 0 Å². The highest BCUT2D eigenvalue weighted by Gasteiger charge is 2.72. The minimum absolute atomic E-state index is 0.0541. The third kappa shape index (κ3) is 10.1. The molecule has 0 bridgehead atoms. The SMILES string of the molecule is COC(=O)[C@H]1O[C@@H](O[C@H]2CC[C@]3(C)[C@H]4CC=C5[C@@H]6CC(C)(C)CC[C@]6(C(=O)O[C@@H]6OC[C@H](O)[C@H](O)[C@H]6OC(=O)/C=C/c6ccc(O[C@@H]7O[C@H](CO)[C@@H](O)[C@H](O)[C@H]7O)c(OC)c6)[C@H](O)C[C@@]5(C)[C@]4(C)CC[C@H]3C2(C)C)[C@H](O)[C@@H](O)[C@@H]1O. The number of fused-ring (bicyclic) bond motifs is 7. The molecule has 3 aliphatic heterocycles. The van der Waals surface area contributed by atoms with Gasteiger partial charge in [0.25, 0.3) is 0 Å². The Hall–Kier alpha value is -3.85. The van der Waals surface area contributed by atoms with Crippen molar-refractivity contribution in [1.29, 1.82) is 0 Å². The second kappa shape index (κ2) is 22.3. The van der Waals surface area contributed by atoms with Crippen molar-refractivity contribution in [3.8, 4) is 11.5 Å². The molecule has 22 heteroatoms. The summed E-state index contributed by atoms with van der Waals surface area (Å²) in [6.45, 7) is 14.4. The summed E-state index contributed by atoms with van der Waals surface area (Å²) in [5, 5.41) is 108. The summed E-state index contributed by atoms with van der Waals surface area (Å²) >= 11 is 0. The Morgan fingerprint density at radius 1 is 0.725 bits per heavy atom. The number of esters is 3. The second-order valence-electron chi connectivity index (χ2n) is 26.0. The van der Waals surface area contributed by atoms with Crippen molar-refractivity contribution in [3.63, 3.8) is 0 Å². The quantitative estimate of drug-likeness (QED) is 0.0467. The molecule has 4 saturated carbocycles. The number of methoxy groups -OCH3 is 2. The molecule has 23 atom stereocenters. The number of carbonyl (C=O) groups excluding carboxylic acids is 3. The fraction of sp³-hybridized carbons (Fsp3) is 0.776. The molecule has 1 aromatic rings. The molecule has 7 fully saturated rings. The van der Waals surface area contributed by atoms with E-state index in [0.29, 0.717) is 31.2 Å². The average molecular weight is 1130 g/mol. The third-order valence-corrected chi connectivity index (χ3v) is 20.9. The standard InChI is InChI=1S/C58H84O22/c1-53(2)20-21-58(52(71)80-51-47(39(63)30(60)26-74-51)78-38(62)15-11-27-10-13-31(32(22-27)72-8)75-49-44(68)41(65)40(64)33(25-59)76-49)29(23-53)28-12-14-35-55(5)18-17-37(77-50-45(69)42(66)43(67)46(79-50)48(70)73-9)54(3,4)34(55)16-19-56(35,6)57(28,7)24-36(58)61/h10-13,15,22,29-30,33-37,39-47,49-51,59-61,63-69H,14,16-21,23-26H2,1-9H3/b15-11+/t29-,30-,33+,34-,35+,36+,37-,39-,40+,41-,42-,43-,44+,45+,46-,47+,49+,50+,51-,55-,56+,57+,58+/m0/s1. The van der Waals surface area contributed by atoms with Gasteiger partial charge < -0.3 is 93.7 Å². The van der Waals surface area contributed by atoms with Gasteiger partial charge in [0.05, 0.1) is 39.6 Å². The van der Waals surface area contributed by atoms with E-state index in [1.165, 1.54) is 31.4 Å². The highest BCUT2D eigenvalue weighted by atomic mass is 16.7. The zero-order valence-electron chi connectivity index (χ0n) is 47.1. The molecule has 3 heterocycles. The van der Waals surface area contributed by atoms with Crippen LogP contribution in [0.2, 0.25) is 0 Å². The summed E-state index contributed by atoms with van der Waals surface area (Å²) in [7, 11) is 2.48. The number of ether oxygens (including phenoxy) is 9. The number of rotatable bonds is 12. The van der Waals surface area contributed by atoms with E-state index in [9.17, 15) is 60.7 Å². The minimum Gasteiger partial charge on any atom is -0.493 e. The fourth-order valence-electron chi connectivity index (χ4n) is 16.1. The van der Waals surface area contributed by atoms with Crippen molar-refractivity contribution in [2.75, 3.05) is 27.4 Å². The molecule has 0 radical (unpaired) electrons. The molecule has 8 aliphatic rings. The monoisotopic (exact) mass is 1130 g/mol. The average Bonchev–Trinajstić information content (AvgIpc) is 3.61. The summed E-state index contributed by atoms with van der Waals surface area (Å²) in [6, 6.07) is 4.43. The molecule has 0 aromatic heterocycles. The largest absolute Gasteiger partial charge is 0.493 e. The first-order valence-corrected chi connectivity index (χ1v) is 28.1. The number of hydrogen-bond acceptors (Lipinski definition) is 22. The van der Waals surface area contributed by atoms with E-state index in [2.05, 4.69) is 54.5 Å². The van der Waals surface area contributed by atoms with Crippen LogP contribution in [-0.2, 0) is 47.5 Å². The van der Waals surface area contributed by atoms with Gasteiger partial charge in [0.2, 0.25) is 12.6 Å². The Kier molecular flexibility index (Phi) is 16.9. The van der Waals surface area contributed by atoms with Crippen LogP contribution in [0.5, 0.6) is 11.5 Å². The van der Waals surface area contributed by atoms with Gasteiger partial charge >= 0.3 is 17.9 Å². The Labute approximate surface area is 465 Å². The van der Waals surface area contributed by atoms with Gasteiger partial charge in [-0.1, -0.05) is 66.2 Å². The second-order valence-corrected chi connectivity index (χ2v) is 26.0. The van der Waals surface area contributed by atoms with Crippen molar-refractivity contribution in [2.24, 2.45) is 50.2 Å². The maximum absolute atomic E-state index is 15.3. The molecular weight excluding hydrogens is 1050 g/mol. The molecule has 0 amide bonds. The van der Waals surface area contributed by atoms with Crippen LogP contribution in [0.15, 0.2) is 35.9 Å². The number of benzene rings is 1. The molecule has 5 aliphatic carbocycles. The van der Waals surface area contributed by atoms with Gasteiger partial charge in [-0.25, -0.2) is 9.59 Å². The highest BCUT2D eigenvalue weighted by Crippen LogP contribution is 2.76. The molecule has 10 N–H and O–H groups in total. The smallest absolute Gasteiger partial charge is 0.337 e. The first kappa shape index (κ1) is 60.7. The lowest BCUT2D eigenvalue weighted by Gasteiger charge is -2.71. The van der Waals surface area contributed by atoms with Gasteiger partial charge in [-0.2, -0.15) is 0 Å². The predicted octanol–water partition coefficient (Wildman–Crippen LogP) is 1.56. The van der Waals surface area contributed by atoms with Crippen LogP contribution in [0.3, 0.4) is 0 Å². The van der Waals surface area contributed by atoms with Crippen molar-refractivity contribution < 1.29 is 108 Å². The summed E-state index contributed by atoms with van der Waals surface area (Å²) in [6.07, 6.45) is -13.8. The maximum atomic E-state index is 15.3. The Bertz CT molecular complexity index is 2520. The van der Waals surface area contributed by atoms with Crippen molar-refractivity contribution in [3.05, 3.63) is 41.5 Å². The zero-order chi connectivity index (χ0) is 58.4. The maximum Gasteiger partial charge on any atom is 0.337 e. The van der Waals surface area contributed by atoms with Crippen LogP contribution in [0.1, 0.15) is 112 Å². The summed E-state index contributed by atoms with van der Waals surface area (Å²) in [4.78, 5) is 41.3. The van der Waals surface area contributed by atoms with E-state index in [-0.39, 0.29) is 52.4 Å². The Morgan fingerprint density at radius 2 is 1.43 bits per heavy atom. The lowest BCUT2D eigenvalue weighted by molar-refractivity contribution is -0.324. The zero-order valence-corrected chi connectivity index (χ0v) is 47.1. The van der Waals surface area contributed by atoms with Gasteiger partial charge in [0.1, 0.15) is 60.4 Å². The van der Waals surface area contributed by atoms with Crippen LogP contribution in [0.25, 0.3) is 6.08 Å². The molecule has 9 rings (SSSR count). The number of hydrogen-bond donors (Lipinski definition) is 10. The molecular formula is C58H84O22. The summed E-state index contributed by atoms with van der Waals surface area (Å²) in [5.41, 5.74) is -1.83. The van der Waals surface area contributed by atoms with Crippen molar-refractivity contribution in [1.82, 2.24) is 0 Å². The van der Waals surface area contributed by atoms with Gasteiger partial charge in [0, 0.05) is 6.08 Å². The predicted molar refractivity (Wildman–Crippen MR) is 278 cm³/mol. The van der Waals surface area contributed by atoms with Crippen LogP contribution in [-0.4, -0.2) is 195 Å². The molecule has 3 saturated heterocycles. The van der Waals surface area contributed by atoms with E-state index >= 15 is 4.79 Å².